The Morgan fingerprint density at radius 2 is 1.62 bits per heavy atom. The topological polar surface area (TPSA) is 137 Å². The third kappa shape index (κ3) is 8.19. The fraction of sp³-hybridized carbons (Fsp3) is 0.304. The Balaban J connectivity index is 1.68. The molecule has 0 aliphatic rings. The molecule has 2 atom stereocenters. The maximum atomic E-state index is 12.1. The number of hydrogen-bond acceptors (Lipinski definition) is 5. The fourth-order valence-corrected chi connectivity index (χ4v) is 2.78. The number of amides is 4. The largest absolute Gasteiger partial charge is 0.381 e. The molecule has 32 heavy (non-hydrogen) atoms. The monoisotopic (exact) mass is 440 g/mol. The first kappa shape index (κ1) is 24.5. The molecular weight excluding hydrogens is 412 g/mol. The van der Waals surface area contributed by atoms with Crippen LogP contribution in [0.4, 0.5) is 0 Å². The Morgan fingerprint density at radius 1 is 0.906 bits per heavy atom. The van der Waals surface area contributed by atoms with Gasteiger partial charge in [0.2, 0.25) is 11.8 Å². The maximum Gasteiger partial charge on any atom is 0.251 e. The second-order valence-corrected chi connectivity index (χ2v) is 7.31. The van der Waals surface area contributed by atoms with Crippen LogP contribution in [0.5, 0.6) is 0 Å². The van der Waals surface area contributed by atoms with Crippen molar-refractivity contribution in [2.75, 3.05) is 13.1 Å². The number of aryl methyl sites for hydroxylation is 1. The highest BCUT2D eigenvalue weighted by Crippen LogP contribution is 2.03. The molecule has 0 saturated heterocycles. The van der Waals surface area contributed by atoms with Crippen LogP contribution >= 0.6 is 0 Å². The Morgan fingerprint density at radius 3 is 2.31 bits per heavy atom. The summed E-state index contributed by atoms with van der Waals surface area (Å²) in [5, 5.41) is 19.9. The molecule has 0 radical (unpaired) electrons. The van der Waals surface area contributed by atoms with Crippen molar-refractivity contribution in [1.82, 2.24) is 21.3 Å². The van der Waals surface area contributed by atoms with E-state index >= 15 is 0 Å². The number of carbonyl (C=O) groups excluding carboxylic acids is 4. The van der Waals surface area contributed by atoms with Gasteiger partial charge >= 0.3 is 0 Å². The normalized spacial score (nSPS) is 12.2. The highest BCUT2D eigenvalue weighted by molar-refractivity contribution is 5.97. The lowest BCUT2D eigenvalue weighted by molar-refractivity contribution is -0.131. The van der Waals surface area contributed by atoms with Crippen molar-refractivity contribution >= 4 is 23.6 Å². The van der Waals surface area contributed by atoms with Crippen LogP contribution in [0.2, 0.25) is 0 Å². The number of nitrogens with one attached hydrogen (secondary N) is 4. The van der Waals surface area contributed by atoms with Gasteiger partial charge in [-0.25, -0.2) is 0 Å². The molecule has 2 unspecified atom stereocenters. The van der Waals surface area contributed by atoms with Crippen LogP contribution in [0.25, 0.3) is 0 Å². The van der Waals surface area contributed by atoms with Gasteiger partial charge in [0.15, 0.2) is 0 Å². The lowest BCUT2D eigenvalue weighted by Crippen LogP contribution is -2.50. The number of benzene rings is 2. The van der Waals surface area contributed by atoms with Crippen molar-refractivity contribution in [2.45, 2.75) is 32.5 Å². The van der Waals surface area contributed by atoms with Gasteiger partial charge in [-0.05, 0) is 31.5 Å². The van der Waals surface area contributed by atoms with E-state index in [-0.39, 0.29) is 19.6 Å². The van der Waals surface area contributed by atoms with E-state index in [0.717, 1.165) is 11.1 Å². The fourth-order valence-electron chi connectivity index (χ4n) is 2.78. The van der Waals surface area contributed by atoms with Crippen molar-refractivity contribution in [2.24, 2.45) is 0 Å². The average Bonchev–Trinajstić information content (AvgIpc) is 2.79. The first-order valence-corrected chi connectivity index (χ1v) is 10.2. The molecule has 0 fully saturated rings. The van der Waals surface area contributed by atoms with Gasteiger partial charge in [-0.2, -0.15) is 0 Å². The zero-order chi connectivity index (χ0) is 23.5. The molecule has 2 rings (SSSR count). The molecule has 2 aromatic carbocycles. The number of carbonyl (C=O) groups is 4. The zero-order valence-electron chi connectivity index (χ0n) is 18.1. The Labute approximate surface area is 186 Å². The Kier molecular flexibility index (Phi) is 9.37. The minimum absolute atomic E-state index is 0.257. The molecule has 4 amide bonds. The van der Waals surface area contributed by atoms with E-state index in [0.29, 0.717) is 5.56 Å². The van der Waals surface area contributed by atoms with Crippen LogP contribution in [0.15, 0.2) is 54.6 Å². The molecule has 0 aliphatic heterocycles. The third-order valence-electron chi connectivity index (χ3n) is 4.54. The molecule has 2 aromatic rings. The summed E-state index contributed by atoms with van der Waals surface area (Å²) in [6, 6.07) is 15.1. The SMILES string of the molecule is Cc1cccc(CNC(=O)C(O)CNC(=O)C(C)NC(=O)CNC(=O)c2ccccc2)c1. The summed E-state index contributed by atoms with van der Waals surface area (Å²) in [6.45, 7) is 3.05. The number of aliphatic hydroxyl groups is 1. The smallest absolute Gasteiger partial charge is 0.251 e. The van der Waals surface area contributed by atoms with Crippen molar-refractivity contribution in [3.05, 3.63) is 71.3 Å². The second-order valence-electron chi connectivity index (χ2n) is 7.31. The predicted molar refractivity (Wildman–Crippen MR) is 118 cm³/mol. The molecule has 0 heterocycles. The van der Waals surface area contributed by atoms with Crippen LogP contribution in [-0.2, 0) is 20.9 Å². The summed E-state index contributed by atoms with van der Waals surface area (Å²) in [6.07, 6.45) is -1.43. The quantitative estimate of drug-likeness (QED) is 0.355. The molecule has 0 spiro atoms. The maximum absolute atomic E-state index is 12.1. The van der Waals surface area contributed by atoms with Gasteiger partial charge in [0.05, 0.1) is 13.1 Å². The Bertz CT molecular complexity index is 948. The van der Waals surface area contributed by atoms with Crippen molar-refractivity contribution in [3.63, 3.8) is 0 Å². The number of rotatable bonds is 10. The first-order valence-electron chi connectivity index (χ1n) is 10.2. The van der Waals surface area contributed by atoms with Crippen LogP contribution in [0.3, 0.4) is 0 Å². The third-order valence-corrected chi connectivity index (χ3v) is 4.54. The molecule has 0 bridgehead atoms. The van der Waals surface area contributed by atoms with E-state index in [1.165, 1.54) is 6.92 Å². The minimum Gasteiger partial charge on any atom is -0.381 e. The molecule has 0 aromatic heterocycles. The standard InChI is InChI=1S/C23H28N4O5/c1-15-7-6-8-17(11-15)12-24-23(32)19(28)13-25-21(30)16(2)27-20(29)14-26-22(31)18-9-4-3-5-10-18/h3-11,16,19,28H,12-14H2,1-2H3,(H,24,32)(H,25,30)(H,26,31)(H,27,29). The highest BCUT2D eigenvalue weighted by Gasteiger charge is 2.20. The van der Waals surface area contributed by atoms with E-state index in [1.807, 2.05) is 31.2 Å². The van der Waals surface area contributed by atoms with Crippen molar-refractivity contribution in [3.8, 4) is 0 Å². The van der Waals surface area contributed by atoms with E-state index in [4.69, 9.17) is 0 Å². The number of aliphatic hydroxyl groups excluding tert-OH is 1. The van der Waals surface area contributed by atoms with Gasteiger partial charge in [-0.3, -0.25) is 19.2 Å². The molecule has 0 saturated carbocycles. The van der Waals surface area contributed by atoms with Gasteiger partial charge in [0.25, 0.3) is 11.8 Å². The molecule has 9 nitrogen and oxygen atoms in total. The van der Waals surface area contributed by atoms with Gasteiger partial charge < -0.3 is 26.4 Å². The zero-order valence-corrected chi connectivity index (χ0v) is 18.1. The van der Waals surface area contributed by atoms with Gasteiger partial charge in [0.1, 0.15) is 12.1 Å². The molecule has 9 heteroatoms. The van der Waals surface area contributed by atoms with Crippen LogP contribution < -0.4 is 21.3 Å². The molecule has 170 valence electrons. The van der Waals surface area contributed by atoms with E-state index in [9.17, 15) is 24.3 Å². The van der Waals surface area contributed by atoms with Gasteiger partial charge in [0, 0.05) is 12.1 Å². The molecule has 5 N–H and O–H groups in total. The van der Waals surface area contributed by atoms with Gasteiger partial charge in [-0.1, -0.05) is 48.0 Å². The molecule has 0 aliphatic carbocycles. The summed E-state index contributed by atoms with van der Waals surface area (Å²) >= 11 is 0. The van der Waals surface area contributed by atoms with Gasteiger partial charge in [-0.15, -0.1) is 0 Å². The van der Waals surface area contributed by atoms with Crippen LogP contribution in [0.1, 0.15) is 28.4 Å². The van der Waals surface area contributed by atoms with E-state index < -0.39 is 35.8 Å². The number of hydrogen-bond donors (Lipinski definition) is 5. The van der Waals surface area contributed by atoms with E-state index in [2.05, 4.69) is 21.3 Å². The summed E-state index contributed by atoms with van der Waals surface area (Å²) in [4.78, 5) is 48.0. The highest BCUT2D eigenvalue weighted by atomic mass is 16.3. The van der Waals surface area contributed by atoms with E-state index in [1.54, 1.807) is 30.3 Å². The van der Waals surface area contributed by atoms with Crippen molar-refractivity contribution < 1.29 is 24.3 Å². The second kappa shape index (κ2) is 12.2. The molecular formula is C23H28N4O5. The average molecular weight is 441 g/mol. The van der Waals surface area contributed by atoms with Crippen LogP contribution in [-0.4, -0.2) is 54.0 Å². The summed E-state index contributed by atoms with van der Waals surface area (Å²) in [5.41, 5.74) is 2.37. The minimum atomic E-state index is -1.43. The Hall–Kier alpha value is -3.72. The summed E-state index contributed by atoms with van der Waals surface area (Å²) in [7, 11) is 0. The van der Waals surface area contributed by atoms with Crippen molar-refractivity contribution in [1.29, 1.82) is 0 Å². The lowest BCUT2D eigenvalue weighted by atomic mass is 10.1. The summed E-state index contributed by atoms with van der Waals surface area (Å²) < 4.78 is 0. The summed E-state index contributed by atoms with van der Waals surface area (Å²) in [5.74, 6) is -2.14. The lowest BCUT2D eigenvalue weighted by Gasteiger charge is -2.16. The predicted octanol–water partition coefficient (Wildman–Crippen LogP) is 0.0230. The van der Waals surface area contributed by atoms with Crippen LogP contribution in [0, 0.1) is 6.92 Å². The first-order chi connectivity index (χ1) is 15.3.